The smallest absolute Gasteiger partial charge is 0.0323 e. The lowest BCUT2D eigenvalue weighted by molar-refractivity contribution is 0.514. The van der Waals surface area contributed by atoms with Crippen molar-refractivity contribution in [2.75, 3.05) is 6.54 Å². The molecule has 1 N–H and O–H groups in total. The zero-order valence-electron chi connectivity index (χ0n) is 10.1. The summed E-state index contributed by atoms with van der Waals surface area (Å²) in [6.45, 7) is 9.19. The van der Waals surface area contributed by atoms with E-state index < -0.39 is 0 Å². The summed E-state index contributed by atoms with van der Waals surface area (Å²) in [4.78, 5) is 0. The summed E-state index contributed by atoms with van der Waals surface area (Å²) in [7, 11) is 0. The lowest BCUT2D eigenvalue weighted by atomic mass is 10.00. The van der Waals surface area contributed by atoms with Crippen LogP contribution in [-0.2, 0) is 0 Å². The Balaban J connectivity index is 2.72. The zero-order valence-corrected chi connectivity index (χ0v) is 11.7. The highest BCUT2D eigenvalue weighted by atomic mass is 79.9. The second-order valence-electron chi connectivity index (χ2n) is 4.16. The van der Waals surface area contributed by atoms with Crippen molar-refractivity contribution in [1.29, 1.82) is 0 Å². The lowest BCUT2D eigenvalue weighted by Gasteiger charge is -2.18. The Morgan fingerprint density at radius 1 is 1.50 bits per heavy atom. The third-order valence-corrected chi connectivity index (χ3v) is 3.05. The minimum Gasteiger partial charge on any atom is -0.310 e. The summed E-state index contributed by atoms with van der Waals surface area (Å²) in [6.07, 6.45) is 2.18. The van der Waals surface area contributed by atoms with Crippen molar-refractivity contribution in [2.24, 2.45) is 0 Å². The summed E-state index contributed by atoms with van der Waals surface area (Å²) in [6, 6.07) is 8.94. The van der Waals surface area contributed by atoms with Crippen LogP contribution in [0, 0.1) is 0 Å². The quantitative estimate of drug-likeness (QED) is 0.760. The van der Waals surface area contributed by atoms with Gasteiger partial charge in [0.1, 0.15) is 0 Å². The number of hydrogen-bond acceptors (Lipinski definition) is 1. The molecule has 0 aromatic heterocycles. The van der Waals surface area contributed by atoms with Crippen molar-refractivity contribution < 1.29 is 0 Å². The highest BCUT2D eigenvalue weighted by Gasteiger charge is 2.09. The van der Waals surface area contributed by atoms with Crippen LogP contribution in [0.4, 0.5) is 0 Å². The molecule has 1 nitrogen and oxygen atoms in total. The summed E-state index contributed by atoms with van der Waals surface area (Å²) >= 11 is 3.52. The van der Waals surface area contributed by atoms with Gasteiger partial charge in [-0.25, -0.2) is 0 Å². The van der Waals surface area contributed by atoms with Crippen LogP contribution in [0.1, 0.15) is 38.3 Å². The third-order valence-electron chi connectivity index (χ3n) is 2.56. The molecule has 0 aliphatic rings. The van der Waals surface area contributed by atoms with E-state index in [0.717, 1.165) is 23.9 Å². The summed E-state index contributed by atoms with van der Waals surface area (Å²) < 4.78 is 1.14. The Morgan fingerprint density at radius 3 is 2.81 bits per heavy atom. The van der Waals surface area contributed by atoms with Crippen LogP contribution < -0.4 is 5.32 Å². The molecule has 88 valence electrons. The molecule has 0 spiro atoms. The Morgan fingerprint density at radius 2 is 2.25 bits per heavy atom. The van der Waals surface area contributed by atoms with Crippen molar-refractivity contribution in [3.05, 3.63) is 46.5 Å². The number of benzene rings is 1. The van der Waals surface area contributed by atoms with Gasteiger partial charge >= 0.3 is 0 Å². The lowest BCUT2D eigenvalue weighted by Crippen LogP contribution is -2.20. The van der Waals surface area contributed by atoms with Crippen LogP contribution >= 0.6 is 15.9 Å². The largest absolute Gasteiger partial charge is 0.310 e. The number of allylic oxidation sites excluding steroid dienone is 1. The fraction of sp³-hybridized carbons (Fsp3) is 0.429. The molecule has 0 radical (unpaired) electrons. The van der Waals surface area contributed by atoms with Gasteiger partial charge < -0.3 is 5.32 Å². The van der Waals surface area contributed by atoms with Crippen LogP contribution in [0.3, 0.4) is 0 Å². The molecule has 0 heterocycles. The van der Waals surface area contributed by atoms with Crippen LogP contribution in [0.25, 0.3) is 0 Å². The number of rotatable bonds is 6. The highest BCUT2D eigenvalue weighted by Crippen LogP contribution is 2.23. The Labute approximate surface area is 107 Å². The second-order valence-corrected chi connectivity index (χ2v) is 5.08. The van der Waals surface area contributed by atoms with Crippen molar-refractivity contribution in [3.8, 4) is 0 Å². The minimum absolute atomic E-state index is 0.430. The first-order valence-corrected chi connectivity index (χ1v) is 6.56. The van der Waals surface area contributed by atoms with Crippen LogP contribution in [-0.4, -0.2) is 6.54 Å². The molecular formula is C14H20BrN. The average Bonchev–Trinajstić information content (AvgIpc) is 2.24. The predicted octanol–water partition coefficient (Wildman–Crippen LogP) is 4.46. The van der Waals surface area contributed by atoms with E-state index in [9.17, 15) is 0 Å². The van der Waals surface area contributed by atoms with Gasteiger partial charge in [0.25, 0.3) is 0 Å². The van der Waals surface area contributed by atoms with Crippen LogP contribution in [0.15, 0.2) is 40.9 Å². The van der Waals surface area contributed by atoms with Crippen molar-refractivity contribution in [1.82, 2.24) is 5.32 Å². The molecule has 1 unspecified atom stereocenters. The summed E-state index contributed by atoms with van der Waals surface area (Å²) in [5.74, 6) is 0. The standard InChI is InChI=1S/C14H20BrN/c1-4-16-14(9-8-11(2)3)12-6-5-7-13(15)10-12/h5-7,10,14,16H,2,4,8-9H2,1,3H3. The first-order chi connectivity index (χ1) is 7.63. The van der Waals surface area contributed by atoms with E-state index in [2.05, 4.69) is 65.9 Å². The molecule has 0 aliphatic heterocycles. The van der Waals surface area contributed by atoms with Crippen molar-refractivity contribution >= 4 is 15.9 Å². The molecule has 0 fully saturated rings. The van der Waals surface area contributed by atoms with Gasteiger partial charge in [0.05, 0.1) is 0 Å². The fourth-order valence-corrected chi connectivity index (χ4v) is 2.16. The van der Waals surface area contributed by atoms with E-state index in [1.165, 1.54) is 11.1 Å². The molecule has 0 bridgehead atoms. The second kappa shape index (κ2) is 6.87. The highest BCUT2D eigenvalue weighted by molar-refractivity contribution is 9.10. The predicted molar refractivity (Wildman–Crippen MR) is 74.6 cm³/mol. The van der Waals surface area contributed by atoms with Gasteiger partial charge in [0, 0.05) is 10.5 Å². The number of nitrogens with one attached hydrogen (secondary N) is 1. The van der Waals surface area contributed by atoms with Crippen LogP contribution in [0.5, 0.6) is 0 Å². The molecule has 1 aromatic carbocycles. The van der Waals surface area contributed by atoms with E-state index in [4.69, 9.17) is 0 Å². The Kier molecular flexibility index (Phi) is 5.78. The monoisotopic (exact) mass is 281 g/mol. The maximum Gasteiger partial charge on any atom is 0.0323 e. The number of hydrogen-bond donors (Lipinski definition) is 1. The van der Waals surface area contributed by atoms with Gasteiger partial charge in [0.15, 0.2) is 0 Å². The van der Waals surface area contributed by atoms with E-state index in [1.807, 2.05) is 0 Å². The maximum atomic E-state index is 3.96. The van der Waals surface area contributed by atoms with Gasteiger partial charge in [-0.1, -0.05) is 40.6 Å². The fourth-order valence-electron chi connectivity index (χ4n) is 1.75. The van der Waals surface area contributed by atoms with E-state index >= 15 is 0 Å². The molecule has 0 saturated heterocycles. The van der Waals surface area contributed by atoms with Gasteiger partial charge in [-0.05, 0) is 44.0 Å². The summed E-state index contributed by atoms with van der Waals surface area (Å²) in [5.41, 5.74) is 2.59. The molecule has 0 saturated carbocycles. The molecule has 2 heteroatoms. The molecule has 1 rings (SSSR count). The normalized spacial score (nSPS) is 12.4. The SMILES string of the molecule is C=C(C)CCC(NCC)c1cccc(Br)c1. The topological polar surface area (TPSA) is 12.0 Å². The van der Waals surface area contributed by atoms with Crippen molar-refractivity contribution in [3.63, 3.8) is 0 Å². The van der Waals surface area contributed by atoms with Crippen LogP contribution in [0.2, 0.25) is 0 Å². The zero-order chi connectivity index (χ0) is 12.0. The van der Waals surface area contributed by atoms with E-state index in [1.54, 1.807) is 0 Å². The maximum absolute atomic E-state index is 3.96. The van der Waals surface area contributed by atoms with E-state index in [0.29, 0.717) is 6.04 Å². The molecule has 16 heavy (non-hydrogen) atoms. The summed E-state index contributed by atoms with van der Waals surface area (Å²) in [5, 5.41) is 3.52. The first kappa shape index (κ1) is 13.5. The Hall–Kier alpha value is -0.600. The molecular weight excluding hydrogens is 262 g/mol. The van der Waals surface area contributed by atoms with Gasteiger partial charge in [-0.15, -0.1) is 6.58 Å². The van der Waals surface area contributed by atoms with Gasteiger partial charge in [-0.3, -0.25) is 0 Å². The number of halogens is 1. The molecule has 1 aromatic rings. The average molecular weight is 282 g/mol. The molecule has 0 aliphatic carbocycles. The minimum atomic E-state index is 0.430. The van der Waals surface area contributed by atoms with Crippen molar-refractivity contribution in [2.45, 2.75) is 32.7 Å². The molecule has 0 amide bonds. The Bertz CT molecular complexity index is 346. The van der Waals surface area contributed by atoms with E-state index in [-0.39, 0.29) is 0 Å². The molecule has 1 atom stereocenters. The third kappa shape index (κ3) is 4.50. The van der Waals surface area contributed by atoms with Gasteiger partial charge in [0.2, 0.25) is 0 Å². The first-order valence-electron chi connectivity index (χ1n) is 5.76. The van der Waals surface area contributed by atoms with Gasteiger partial charge in [-0.2, -0.15) is 0 Å².